The first-order chi connectivity index (χ1) is 8.66. The van der Waals surface area contributed by atoms with Crippen molar-refractivity contribution < 1.29 is 14.6 Å². The molecule has 0 unspecified atom stereocenters. The average Bonchev–Trinajstić information content (AvgIpc) is 3.14. The zero-order valence-corrected chi connectivity index (χ0v) is 11.6. The molecule has 2 N–H and O–H groups in total. The van der Waals surface area contributed by atoms with Gasteiger partial charge < -0.3 is 15.2 Å². The Morgan fingerprint density at radius 3 is 2.94 bits per heavy atom. The van der Waals surface area contributed by atoms with Crippen molar-refractivity contribution in [2.24, 2.45) is 5.92 Å². The number of carboxylic acids is 1. The van der Waals surface area contributed by atoms with Crippen LogP contribution in [0, 0.1) is 5.92 Å². The normalized spacial score (nSPS) is 14.5. The molecule has 1 aliphatic rings. The van der Waals surface area contributed by atoms with Crippen molar-refractivity contribution in [2.45, 2.75) is 12.8 Å². The number of hydrogen-bond acceptors (Lipinski definition) is 3. The van der Waals surface area contributed by atoms with E-state index in [1.807, 2.05) is 6.07 Å². The summed E-state index contributed by atoms with van der Waals surface area (Å²) >= 11 is 3.26. The summed E-state index contributed by atoms with van der Waals surface area (Å²) in [7, 11) is 0. The number of ether oxygens (including phenoxy) is 1. The van der Waals surface area contributed by atoms with Crippen molar-refractivity contribution in [2.75, 3.05) is 25.1 Å². The molecule has 0 aliphatic heterocycles. The van der Waals surface area contributed by atoms with Crippen molar-refractivity contribution in [3.63, 3.8) is 0 Å². The van der Waals surface area contributed by atoms with E-state index >= 15 is 0 Å². The Hall–Kier alpha value is -1.07. The minimum atomic E-state index is -0.933. The molecule has 1 aromatic carbocycles. The number of hydrogen-bond donors (Lipinski definition) is 2. The van der Waals surface area contributed by atoms with E-state index in [9.17, 15) is 4.79 Å². The van der Waals surface area contributed by atoms with Crippen molar-refractivity contribution in [3.8, 4) is 0 Å². The zero-order valence-electron chi connectivity index (χ0n) is 9.99. The van der Waals surface area contributed by atoms with Gasteiger partial charge >= 0.3 is 5.97 Å². The third-order valence-electron chi connectivity index (χ3n) is 2.82. The molecule has 18 heavy (non-hydrogen) atoms. The van der Waals surface area contributed by atoms with Gasteiger partial charge in [-0.15, -0.1) is 0 Å². The standard InChI is InChI=1S/C13H16BrNO3/c14-10-3-4-12(11(7-10)13(16)17)15-5-6-18-8-9-1-2-9/h3-4,7,9,15H,1-2,5-6,8H2,(H,16,17). The van der Waals surface area contributed by atoms with Crippen LogP contribution in [-0.4, -0.2) is 30.8 Å². The van der Waals surface area contributed by atoms with Crippen molar-refractivity contribution in [3.05, 3.63) is 28.2 Å². The number of carbonyl (C=O) groups is 1. The first kappa shape index (κ1) is 13.4. The van der Waals surface area contributed by atoms with Crippen molar-refractivity contribution in [1.82, 2.24) is 0 Å². The Balaban J connectivity index is 1.81. The maximum Gasteiger partial charge on any atom is 0.337 e. The van der Waals surface area contributed by atoms with Gasteiger partial charge in [-0.2, -0.15) is 0 Å². The largest absolute Gasteiger partial charge is 0.478 e. The second kappa shape index (κ2) is 6.20. The maximum absolute atomic E-state index is 11.1. The summed E-state index contributed by atoms with van der Waals surface area (Å²) < 4.78 is 6.24. The second-order valence-corrected chi connectivity index (χ2v) is 5.36. The highest BCUT2D eigenvalue weighted by Crippen LogP contribution is 2.28. The molecular formula is C13H16BrNO3. The van der Waals surface area contributed by atoms with Crippen LogP contribution in [-0.2, 0) is 4.74 Å². The number of aromatic carboxylic acids is 1. The number of nitrogens with one attached hydrogen (secondary N) is 1. The highest BCUT2D eigenvalue weighted by atomic mass is 79.9. The fourth-order valence-corrected chi connectivity index (χ4v) is 2.00. The summed E-state index contributed by atoms with van der Waals surface area (Å²) in [5.74, 6) is -0.176. The summed E-state index contributed by atoms with van der Waals surface area (Å²) in [6.07, 6.45) is 2.56. The average molecular weight is 314 g/mol. The fourth-order valence-electron chi connectivity index (χ4n) is 1.64. The van der Waals surface area contributed by atoms with Crippen LogP contribution in [0.1, 0.15) is 23.2 Å². The molecule has 0 radical (unpaired) electrons. The van der Waals surface area contributed by atoms with E-state index < -0.39 is 5.97 Å². The molecule has 0 heterocycles. The smallest absolute Gasteiger partial charge is 0.337 e. The van der Waals surface area contributed by atoms with Crippen LogP contribution < -0.4 is 5.32 Å². The highest BCUT2D eigenvalue weighted by Gasteiger charge is 2.20. The molecule has 4 nitrogen and oxygen atoms in total. The van der Waals surface area contributed by atoms with Crippen LogP contribution in [0.15, 0.2) is 22.7 Å². The first-order valence-corrected chi connectivity index (χ1v) is 6.80. The summed E-state index contributed by atoms with van der Waals surface area (Å²) in [5.41, 5.74) is 0.896. The molecule has 1 aliphatic carbocycles. The van der Waals surface area contributed by atoms with E-state index in [4.69, 9.17) is 9.84 Å². The topological polar surface area (TPSA) is 58.6 Å². The van der Waals surface area contributed by atoms with Gasteiger partial charge in [-0.05, 0) is 37.0 Å². The van der Waals surface area contributed by atoms with Gasteiger partial charge in [0.1, 0.15) is 0 Å². The zero-order chi connectivity index (χ0) is 13.0. The van der Waals surface area contributed by atoms with Crippen LogP contribution in [0.4, 0.5) is 5.69 Å². The summed E-state index contributed by atoms with van der Waals surface area (Å²) in [4.78, 5) is 11.1. The second-order valence-electron chi connectivity index (χ2n) is 4.44. The number of halogens is 1. The van der Waals surface area contributed by atoms with Crippen LogP contribution in [0.2, 0.25) is 0 Å². The minimum Gasteiger partial charge on any atom is -0.478 e. The third kappa shape index (κ3) is 3.99. The molecule has 1 fully saturated rings. The molecule has 98 valence electrons. The molecule has 0 aromatic heterocycles. The van der Waals surface area contributed by atoms with E-state index in [0.29, 0.717) is 18.8 Å². The Morgan fingerprint density at radius 2 is 2.28 bits per heavy atom. The van der Waals surface area contributed by atoms with E-state index in [1.165, 1.54) is 12.8 Å². The SMILES string of the molecule is O=C(O)c1cc(Br)ccc1NCCOCC1CC1. The van der Waals surface area contributed by atoms with Gasteiger partial charge in [-0.1, -0.05) is 15.9 Å². The molecule has 0 amide bonds. The Morgan fingerprint density at radius 1 is 1.50 bits per heavy atom. The predicted octanol–water partition coefficient (Wildman–Crippen LogP) is 2.99. The monoisotopic (exact) mass is 313 g/mol. The number of benzene rings is 1. The van der Waals surface area contributed by atoms with Crippen LogP contribution in [0.5, 0.6) is 0 Å². The van der Waals surface area contributed by atoms with Crippen molar-refractivity contribution >= 4 is 27.6 Å². The lowest BCUT2D eigenvalue weighted by molar-refractivity contribution is 0.0697. The molecule has 0 saturated heterocycles. The predicted molar refractivity (Wildman–Crippen MR) is 73.1 cm³/mol. The highest BCUT2D eigenvalue weighted by molar-refractivity contribution is 9.10. The number of rotatable bonds is 7. The Kier molecular flexibility index (Phi) is 4.60. The van der Waals surface area contributed by atoms with E-state index in [-0.39, 0.29) is 5.56 Å². The number of anilines is 1. The lowest BCUT2D eigenvalue weighted by atomic mass is 10.2. The van der Waals surface area contributed by atoms with Crippen LogP contribution >= 0.6 is 15.9 Å². The van der Waals surface area contributed by atoms with E-state index in [2.05, 4.69) is 21.2 Å². The lowest BCUT2D eigenvalue weighted by Crippen LogP contribution is -2.13. The molecular weight excluding hydrogens is 298 g/mol. The molecule has 0 spiro atoms. The number of carboxylic acid groups (broad SMARTS) is 1. The van der Waals surface area contributed by atoms with Gasteiger partial charge in [-0.3, -0.25) is 0 Å². The molecule has 5 heteroatoms. The third-order valence-corrected chi connectivity index (χ3v) is 3.32. The van der Waals surface area contributed by atoms with Crippen LogP contribution in [0.25, 0.3) is 0 Å². The lowest BCUT2D eigenvalue weighted by Gasteiger charge is -2.10. The van der Waals surface area contributed by atoms with Gasteiger partial charge in [0.25, 0.3) is 0 Å². The van der Waals surface area contributed by atoms with E-state index in [0.717, 1.165) is 17.0 Å². The van der Waals surface area contributed by atoms with Crippen LogP contribution in [0.3, 0.4) is 0 Å². The quantitative estimate of drug-likeness (QED) is 0.760. The molecule has 0 atom stereocenters. The van der Waals surface area contributed by atoms with E-state index in [1.54, 1.807) is 12.1 Å². The fraction of sp³-hybridized carbons (Fsp3) is 0.462. The molecule has 1 aromatic rings. The molecule has 0 bridgehead atoms. The van der Waals surface area contributed by atoms with Gasteiger partial charge in [0.05, 0.1) is 12.2 Å². The maximum atomic E-state index is 11.1. The first-order valence-electron chi connectivity index (χ1n) is 6.01. The van der Waals surface area contributed by atoms with Gasteiger partial charge in [0.2, 0.25) is 0 Å². The minimum absolute atomic E-state index is 0.270. The Labute approximate surface area is 114 Å². The summed E-state index contributed by atoms with van der Waals surface area (Å²) in [6, 6.07) is 5.17. The van der Waals surface area contributed by atoms with Gasteiger partial charge in [0.15, 0.2) is 0 Å². The Bertz CT molecular complexity index is 432. The summed E-state index contributed by atoms with van der Waals surface area (Å²) in [6.45, 7) is 2.05. The molecule has 1 saturated carbocycles. The van der Waals surface area contributed by atoms with Gasteiger partial charge in [-0.25, -0.2) is 4.79 Å². The summed E-state index contributed by atoms with van der Waals surface area (Å²) in [5, 5.41) is 12.2. The van der Waals surface area contributed by atoms with Crippen molar-refractivity contribution in [1.29, 1.82) is 0 Å². The molecule has 2 rings (SSSR count). The van der Waals surface area contributed by atoms with Gasteiger partial charge in [0, 0.05) is 23.3 Å².